The Morgan fingerprint density at radius 2 is 2.36 bits per heavy atom. The van der Waals surface area contributed by atoms with Crippen molar-refractivity contribution >= 4 is 5.71 Å². The molecule has 0 aromatic heterocycles. The van der Waals surface area contributed by atoms with E-state index in [-0.39, 0.29) is 6.04 Å². The first-order valence-corrected chi connectivity index (χ1v) is 3.73. The molecule has 0 radical (unpaired) electrons. The van der Waals surface area contributed by atoms with Crippen LogP contribution >= 0.6 is 0 Å². The summed E-state index contributed by atoms with van der Waals surface area (Å²) in [5.41, 5.74) is 0.678. The van der Waals surface area contributed by atoms with E-state index >= 15 is 0 Å². The van der Waals surface area contributed by atoms with Crippen LogP contribution in [0.1, 0.15) is 0 Å². The normalized spacial score (nSPS) is 27.5. The predicted molar refractivity (Wildman–Crippen MR) is 45.6 cm³/mol. The minimum atomic E-state index is 0.185. The Bertz CT molecular complexity index is 261. The fourth-order valence-electron chi connectivity index (χ4n) is 1.39. The number of hydrogen-bond acceptors (Lipinski definition) is 2. The minimum absolute atomic E-state index is 0.185. The summed E-state index contributed by atoms with van der Waals surface area (Å²) in [7, 11) is 0. The number of allylic oxidation sites excluding steroid dienone is 2. The van der Waals surface area contributed by atoms with Gasteiger partial charge in [0.25, 0.3) is 0 Å². The summed E-state index contributed by atoms with van der Waals surface area (Å²) in [6.07, 6.45) is 12.0. The molecule has 0 aromatic rings. The van der Waals surface area contributed by atoms with Gasteiger partial charge in [0.05, 0.1) is 11.8 Å². The van der Waals surface area contributed by atoms with Crippen molar-refractivity contribution in [3.8, 4) is 0 Å². The smallest absolute Gasteiger partial charge is 0.0891 e. The Balaban J connectivity index is 2.30. The van der Waals surface area contributed by atoms with Crippen molar-refractivity contribution in [3.63, 3.8) is 0 Å². The molecule has 2 heteroatoms. The van der Waals surface area contributed by atoms with Gasteiger partial charge >= 0.3 is 0 Å². The molecule has 2 rings (SSSR count). The molecule has 2 aliphatic heterocycles. The third kappa shape index (κ3) is 1.00. The van der Waals surface area contributed by atoms with Crippen LogP contribution in [0.3, 0.4) is 0 Å². The summed E-state index contributed by atoms with van der Waals surface area (Å²) < 4.78 is 0. The van der Waals surface area contributed by atoms with Gasteiger partial charge in [0, 0.05) is 12.7 Å². The Hall–Kier alpha value is -1.31. The molecule has 0 spiro atoms. The number of fused-ring (bicyclic) bond motifs is 1. The third-order valence-electron chi connectivity index (χ3n) is 1.97. The Labute approximate surface area is 66.0 Å². The second-order valence-electron chi connectivity index (χ2n) is 2.73. The van der Waals surface area contributed by atoms with Gasteiger partial charge in [-0.2, -0.15) is 0 Å². The zero-order chi connectivity index (χ0) is 7.68. The molecule has 1 atom stereocenters. The van der Waals surface area contributed by atoms with Crippen LogP contribution in [0.4, 0.5) is 0 Å². The summed E-state index contributed by atoms with van der Waals surface area (Å²) >= 11 is 0. The second-order valence-corrected chi connectivity index (χ2v) is 2.73. The highest BCUT2D eigenvalue weighted by atomic mass is 15.1. The lowest BCUT2D eigenvalue weighted by atomic mass is 10.0. The zero-order valence-electron chi connectivity index (χ0n) is 6.20. The van der Waals surface area contributed by atoms with Crippen molar-refractivity contribution in [2.45, 2.75) is 6.04 Å². The first-order chi connectivity index (χ1) is 5.38. The van der Waals surface area contributed by atoms with Crippen molar-refractivity contribution in [2.75, 3.05) is 6.54 Å². The van der Waals surface area contributed by atoms with Gasteiger partial charge in [0.1, 0.15) is 0 Å². The summed E-state index contributed by atoms with van der Waals surface area (Å²) in [6, 6.07) is 0.185. The standard InChI is InChI=1S/C9H10N2/c10-8-4-3-7-11-6-2-1-5-9(8)11/h1-6,9-10H,7H2. The van der Waals surface area contributed by atoms with E-state index < -0.39 is 0 Å². The van der Waals surface area contributed by atoms with Crippen molar-refractivity contribution in [1.82, 2.24) is 4.90 Å². The van der Waals surface area contributed by atoms with Crippen molar-refractivity contribution < 1.29 is 0 Å². The van der Waals surface area contributed by atoms with Gasteiger partial charge < -0.3 is 10.3 Å². The van der Waals surface area contributed by atoms with Crippen LogP contribution in [0.5, 0.6) is 0 Å². The zero-order valence-corrected chi connectivity index (χ0v) is 6.20. The van der Waals surface area contributed by atoms with Gasteiger partial charge in [-0.15, -0.1) is 0 Å². The van der Waals surface area contributed by atoms with Crippen LogP contribution in [0.2, 0.25) is 0 Å². The lowest BCUT2D eigenvalue weighted by molar-refractivity contribution is 0.404. The Morgan fingerprint density at radius 1 is 1.45 bits per heavy atom. The van der Waals surface area contributed by atoms with Gasteiger partial charge in [-0.25, -0.2) is 0 Å². The first kappa shape index (κ1) is 6.40. The average Bonchev–Trinajstić information content (AvgIpc) is 2.06. The predicted octanol–water partition coefficient (Wildman–Crippen LogP) is 1.33. The maximum Gasteiger partial charge on any atom is 0.0891 e. The van der Waals surface area contributed by atoms with E-state index in [4.69, 9.17) is 5.41 Å². The van der Waals surface area contributed by atoms with Gasteiger partial charge in [-0.05, 0) is 12.2 Å². The number of nitrogens with zero attached hydrogens (tertiary/aromatic N) is 1. The number of rotatable bonds is 0. The van der Waals surface area contributed by atoms with E-state index in [0.29, 0.717) is 5.71 Å². The molecule has 0 bridgehead atoms. The highest BCUT2D eigenvalue weighted by Gasteiger charge is 2.19. The van der Waals surface area contributed by atoms with Gasteiger partial charge in [-0.3, -0.25) is 0 Å². The molecule has 0 amide bonds. The van der Waals surface area contributed by atoms with Crippen LogP contribution in [0.15, 0.2) is 36.6 Å². The lowest BCUT2D eigenvalue weighted by Gasteiger charge is -2.31. The summed E-state index contributed by atoms with van der Waals surface area (Å²) in [6.45, 7) is 0.924. The maximum absolute atomic E-state index is 7.60. The molecule has 56 valence electrons. The quantitative estimate of drug-likeness (QED) is 0.548. The van der Waals surface area contributed by atoms with E-state index in [1.54, 1.807) is 0 Å². The van der Waals surface area contributed by atoms with Crippen molar-refractivity contribution in [1.29, 1.82) is 5.41 Å². The summed E-state index contributed by atoms with van der Waals surface area (Å²) in [5, 5.41) is 7.60. The Kier molecular flexibility index (Phi) is 1.39. The molecular formula is C9H10N2. The maximum atomic E-state index is 7.60. The van der Waals surface area contributed by atoms with Crippen LogP contribution < -0.4 is 0 Å². The number of nitrogens with one attached hydrogen (secondary N) is 1. The SMILES string of the molecule is N=C1C=CCN2C=CC=CC12. The summed E-state index contributed by atoms with van der Waals surface area (Å²) in [4.78, 5) is 2.14. The molecule has 2 aliphatic rings. The molecule has 0 saturated heterocycles. The fourth-order valence-corrected chi connectivity index (χ4v) is 1.39. The second kappa shape index (κ2) is 2.38. The van der Waals surface area contributed by atoms with Crippen LogP contribution in [0.25, 0.3) is 0 Å². The Morgan fingerprint density at radius 3 is 3.18 bits per heavy atom. The first-order valence-electron chi connectivity index (χ1n) is 3.73. The molecule has 1 unspecified atom stereocenters. The summed E-state index contributed by atoms with van der Waals surface area (Å²) in [5.74, 6) is 0. The highest BCUT2D eigenvalue weighted by molar-refractivity contribution is 5.99. The van der Waals surface area contributed by atoms with Gasteiger partial charge in [-0.1, -0.05) is 18.2 Å². The topological polar surface area (TPSA) is 27.1 Å². The van der Waals surface area contributed by atoms with E-state index in [9.17, 15) is 0 Å². The van der Waals surface area contributed by atoms with Crippen molar-refractivity contribution in [3.05, 3.63) is 36.6 Å². The molecule has 0 aliphatic carbocycles. The highest BCUT2D eigenvalue weighted by Crippen LogP contribution is 2.13. The molecule has 0 fully saturated rings. The van der Waals surface area contributed by atoms with Gasteiger partial charge in [0.2, 0.25) is 0 Å². The van der Waals surface area contributed by atoms with Crippen LogP contribution in [0, 0.1) is 5.41 Å². The van der Waals surface area contributed by atoms with E-state index in [1.165, 1.54) is 0 Å². The van der Waals surface area contributed by atoms with Gasteiger partial charge in [0.15, 0.2) is 0 Å². The van der Waals surface area contributed by atoms with E-state index in [2.05, 4.69) is 4.90 Å². The average molecular weight is 146 g/mol. The van der Waals surface area contributed by atoms with Crippen LogP contribution in [-0.4, -0.2) is 23.2 Å². The molecule has 0 saturated carbocycles. The molecule has 1 N–H and O–H groups in total. The molecular weight excluding hydrogens is 136 g/mol. The monoisotopic (exact) mass is 146 g/mol. The minimum Gasteiger partial charge on any atom is -0.362 e. The number of hydrogen-bond donors (Lipinski definition) is 1. The van der Waals surface area contributed by atoms with E-state index in [1.807, 2.05) is 36.6 Å². The molecule has 2 nitrogen and oxygen atoms in total. The third-order valence-corrected chi connectivity index (χ3v) is 1.97. The molecule has 11 heavy (non-hydrogen) atoms. The fraction of sp³-hybridized carbons (Fsp3) is 0.222. The van der Waals surface area contributed by atoms with E-state index in [0.717, 1.165) is 6.54 Å². The lowest BCUT2D eigenvalue weighted by Crippen LogP contribution is -2.38. The van der Waals surface area contributed by atoms with Crippen LogP contribution in [-0.2, 0) is 0 Å². The molecule has 0 aromatic carbocycles. The largest absolute Gasteiger partial charge is 0.362 e. The molecule has 2 heterocycles. The van der Waals surface area contributed by atoms with Crippen molar-refractivity contribution in [2.24, 2.45) is 0 Å².